The van der Waals surface area contributed by atoms with Crippen LogP contribution in [-0.2, 0) is 16.1 Å². The lowest BCUT2D eigenvalue weighted by atomic mass is 9.87. The van der Waals surface area contributed by atoms with Gasteiger partial charge in [-0.25, -0.2) is 4.79 Å². The zero-order chi connectivity index (χ0) is 23.7. The summed E-state index contributed by atoms with van der Waals surface area (Å²) in [5, 5.41) is 9.05. The van der Waals surface area contributed by atoms with Crippen molar-refractivity contribution in [2.75, 3.05) is 4.90 Å². The number of benzene rings is 3. The fraction of sp³-hybridized carbons (Fsp3) is 0.185. The minimum Gasteiger partial charge on any atom is -0.423 e. The van der Waals surface area contributed by atoms with Gasteiger partial charge in [-0.3, -0.25) is 14.5 Å². The van der Waals surface area contributed by atoms with Crippen molar-refractivity contribution in [1.29, 1.82) is 5.26 Å². The lowest BCUT2D eigenvalue weighted by Gasteiger charge is -2.53. The number of rotatable bonds is 4. The van der Waals surface area contributed by atoms with Crippen molar-refractivity contribution in [2.24, 2.45) is 0 Å². The molecule has 0 aliphatic carbocycles. The molecule has 0 aromatic heterocycles. The van der Waals surface area contributed by atoms with Crippen LogP contribution in [0.5, 0.6) is 5.75 Å². The van der Waals surface area contributed by atoms with Gasteiger partial charge >= 0.3 is 5.97 Å². The second-order valence-electron chi connectivity index (χ2n) is 8.32. The van der Waals surface area contributed by atoms with Crippen LogP contribution in [0.15, 0.2) is 78.9 Å². The second-order valence-corrected chi connectivity index (χ2v) is 8.32. The highest BCUT2D eigenvalue weighted by Gasteiger charge is 2.60. The molecule has 168 valence electrons. The summed E-state index contributed by atoms with van der Waals surface area (Å²) >= 11 is 0. The maximum Gasteiger partial charge on any atom is 0.359 e. The lowest BCUT2D eigenvalue weighted by Crippen LogP contribution is -2.73. The van der Waals surface area contributed by atoms with Crippen LogP contribution in [0.1, 0.15) is 40.7 Å². The number of esters is 1. The molecule has 2 aliphatic heterocycles. The monoisotopic (exact) mass is 451 g/mol. The Balaban J connectivity index is 1.64. The number of hydrogen-bond donors (Lipinski definition) is 0. The lowest BCUT2D eigenvalue weighted by molar-refractivity contribution is -0.152. The molecule has 0 saturated carbocycles. The normalized spacial score (nSPS) is 19.1. The van der Waals surface area contributed by atoms with Crippen molar-refractivity contribution in [1.82, 2.24) is 4.90 Å². The minimum absolute atomic E-state index is 0.139. The topological polar surface area (TPSA) is 90.7 Å². The third-order valence-corrected chi connectivity index (χ3v) is 6.31. The van der Waals surface area contributed by atoms with Crippen LogP contribution in [0.2, 0.25) is 0 Å². The van der Waals surface area contributed by atoms with Gasteiger partial charge in [0.2, 0.25) is 11.6 Å². The maximum atomic E-state index is 13.9. The van der Waals surface area contributed by atoms with Gasteiger partial charge in [0.25, 0.3) is 5.91 Å². The van der Waals surface area contributed by atoms with Crippen LogP contribution in [-0.4, -0.2) is 28.3 Å². The van der Waals surface area contributed by atoms with Crippen LogP contribution >= 0.6 is 0 Å². The Kier molecular flexibility index (Phi) is 5.34. The summed E-state index contributed by atoms with van der Waals surface area (Å²) in [4.78, 5) is 43.9. The summed E-state index contributed by atoms with van der Waals surface area (Å²) in [7, 11) is 0. The van der Waals surface area contributed by atoms with Crippen LogP contribution < -0.4 is 9.64 Å². The molecule has 3 aromatic carbocycles. The van der Waals surface area contributed by atoms with Crippen molar-refractivity contribution >= 4 is 23.5 Å². The molecule has 0 radical (unpaired) electrons. The molecule has 1 atom stereocenters. The van der Waals surface area contributed by atoms with E-state index in [9.17, 15) is 14.4 Å². The number of hydrogen-bond acceptors (Lipinski definition) is 5. The Morgan fingerprint density at radius 1 is 0.971 bits per heavy atom. The Morgan fingerprint density at radius 3 is 2.41 bits per heavy atom. The second kappa shape index (κ2) is 8.49. The molecule has 2 amide bonds. The fourth-order valence-corrected chi connectivity index (χ4v) is 4.73. The molecule has 34 heavy (non-hydrogen) atoms. The number of para-hydroxylation sites is 1. The summed E-state index contributed by atoms with van der Waals surface area (Å²) in [6.07, 6.45) is 0.965. The van der Waals surface area contributed by atoms with E-state index in [0.717, 1.165) is 5.56 Å². The molecule has 2 heterocycles. The quantitative estimate of drug-likeness (QED) is 0.441. The number of anilines is 1. The van der Waals surface area contributed by atoms with Gasteiger partial charge < -0.3 is 9.64 Å². The van der Waals surface area contributed by atoms with Crippen molar-refractivity contribution in [3.05, 3.63) is 95.6 Å². The number of fused-ring (bicyclic) bond motifs is 3. The van der Waals surface area contributed by atoms with Gasteiger partial charge in [-0.2, -0.15) is 5.26 Å². The summed E-state index contributed by atoms with van der Waals surface area (Å²) in [5.74, 6) is -1.03. The average Bonchev–Trinajstić information content (AvgIpc) is 2.87. The highest BCUT2D eigenvalue weighted by atomic mass is 16.5. The number of carbonyl (C=O) groups is 3. The van der Waals surface area contributed by atoms with E-state index in [4.69, 9.17) is 10.00 Å². The Labute approximate surface area is 196 Å². The van der Waals surface area contributed by atoms with Crippen molar-refractivity contribution in [3.63, 3.8) is 0 Å². The average molecular weight is 451 g/mol. The van der Waals surface area contributed by atoms with Gasteiger partial charge in [-0.05, 0) is 48.4 Å². The Hall–Kier alpha value is -4.44. The third-order valence-electron chi connectivity index (χ3n) is 6.31. The van der Waals surface area contributed by atoms with E-state index in [1.165, 1.54) is 21.9 Å². The maximum absolute atomic E-state index is 13.9. The van der Waals surface area contributed by atoms with E-state index in [1.807, 2.05) is 36.4 Å². The van der Waals surface area contributed by atoms with Gasteiger partial charge in [0.1, 0.15) is 5.75 Å². The number of nitriles is 1. The molecule has 5 rings (SSSR count). The molecular weight excluding hydrogens is 430 g/mol. The Bertz CT molecular complexity index is 1310. The van der Waals surface area contributed by atoms with Crippen LogP contribution in [0.4, 0.5) is 5.69 Å². The molecule has 2 aliphatic rings. The molecule has 1 fully saturated rings. The molecule has 0 N–H and O–H groups in total. The minimum atomic E-state index is -1.62. The van der Waals surface area contributed by atoms with E-state index in [2.05, 4.69) is 0 Å². The zero-order valence-corrected chi connectivity index (χ0v) is 18.3. The number of amides is 2. The smallest absolute Gasteiger partial charge is 0.359 e. The number of ether oxygens (including phenoxy) is 1. The van der Waals surface area contributed by atoms with Gasteiger partial charge in [0.15, 0.2) is 0 Å². The summed E-state index contributed by atoms with van der Waals surface area (Å²) < 4.78 is 5.76. The van der Waals surface area contributed by atoms with Crippen LogP contribution in [0.3, 0.4) is 0 Å². The molecule has 3 aromatic rings. The van der Waals surface area contributed by atoms with Gasteiger partial charge in [-0.1, -0.05) is 42.5 Å². The first kappa shape index (κ1) is 21.4. The predicted octanol–water partition coefficient (Wildman–Crippen LogP) is 4.03. The fourth-order valence-electron chi connectivity index (χ4n) is 4.73. The van der Waals surface area contributed by atoms with Gasteiger partial charge in [0, 0.05) is 19.4 Å². The first-order valence-electron chi connectivity index (χ1n) is 11.0. The van der Waals surface area contributed by atoms with Gasteiger partial charge in [-0.15, -0.1) is 0 Å². The molecule has 7 nitrogen and oxygen atoms in total. The highest BCUT2D eigenvalue weighted by Crippen LogP contribution is 2.44. The van der Waals surface area contributed by atoms with Gasteiger partial charge in [0.05, 0.1) is 22.9 Å². The van der Waals surface area contributed by atoms with Crippen molar-refractivity contribution < 1.29 is 19.1 Å². The zero-order valence-electron chi connectivity index (χ0n) is 18.3. The van der Waals surface area contributed by atoms with Crippen LogP contribution in [0, 0.1) is 11.3 Å². The molecule has 0 unspecified atom stereocenters. The third kappa shape index (κ3) is 3.41. The van der Waals surface area contributed by atoms with Crippen molar-refractivity contribution in [2.45, 2.75) is 31.5 Å². The molecule has 0 bridgehead atoms. The van der Waals surface area contributed by atoms with E-state index >= 15 is 0 Å². The number of nitrogens with zero attached hydrogens (tertiary/aromatic N) is 3. The number of carbonyl (C=O) groups excluding carboxylic acids is 3. The predicted molar refractivity (Wildman–Crippen MR) is 124 cm³/mol. The van der Waals surface area contributed by atoms with E-state index in [-0.39, 0.29) is 37.0 Å². The van der Waals surface area contributed by atoms with Crippen LogP contribution in [0.25, 0.3) is 0 Å². The SMILES string of the molecule is N#Cc1ccc(OC(=O)[C@@]23CCCC(=O)N2c2ccccc2C(=O)N3Cc2ccccc2)cc1. The molecule has 1 saturated heterocycles. The van der Waals surface area contributed by atoms with E-state index in [1.54, 1.807) is 36.4 Å². The molecular formula is C27H21N3O4. The standard InChI is InChI=1S/C27H21N3O4/c28-17-19-12-14-21(15-13-19)34-26(33)27-16-6-11-24(31)30(27)23-10-5-4-9-22(23)25(32)29(27)18-20-7-2-1-3-8-20/h1-5,7-10,12-15H,6,11,16,18H2/t27-/m1/s1. The first-order chi connectivity index (χ1) is 16.5. The summed E-state index contributed by atoms with van der Waals surface area (Å²) in [5.41, 5.74) is 0.428. The summed E-state index contributed by atoms with van der Waals surface area (Å²) in [6.45, 7) is 0.139. The molecule has 0 spiro atoms. The largest absolute Gasteiger partial charge is 0.423 e. The number of piperidine rings is 1. The highest BCUT2D eigenvalue weighted by molar-refractivity contribution is 6.14. The van der Waals surface area contributed by atoms with E-state index in [0.29, 0.717) is 23.2 Å². The summed E-state index contributed by atoms with van der Waals surface area (Å²) in [6, 6.07) is 24.4. The van der Waals surface area contributed by atoms with E-state index < -0.39 is 11.6 Å². The first-order valence-corrected chi connectivity index (χ1v) is 11.0. The molecule has 7 heteroatoms. The van der Waals surface area contributed by atoms with Crippen molar-refractivity contribution in [3.8, 4) is 11.8 Å². The Morgan fingerprint density at radius 2 is 1.68 bits per heavy atom.